The molecule has 0 aromatic rings. The van der Waals surface area contributed by atoms with Crippen LogP contribution in [0.4, 0.5) is 0 Å². The molecule has 4 rings (SSSR count). The molecule has 4 aliphatic carbocycles. The fourth-order valence-corrected chi connectivity index (χ4v) is 6.48. The van der Waals surface area contributed by atoms with Crippen LogP contribution in [0.15, 0.2) is 11.6 Å². The van der Waals surface area contributed by atoms with Gasteiger partial charge in [0.2, 0.25) is 0 Å². The molecule has 0 amide bonds. The zero-order valence-corrected chi connectivity index (χ0v) is 14.1. The minimum atomic E-state index is -0.330. The highest BCUT2D eigenvalue weighted by Gasteiger charge is 2.61. The molecule has 0 aliphatic heterocycles. The molecule has 4 nitrogen and oxygen atoms in total. The SMILES string of the molecule is C[C@]12CC[C@H](O)CC1=C[C@@H](OO)[C@@H]1[C@@H]2CC[C@]2(C)C(=O)CC[C@@H]12. The number of carbonyl (C=O) groups excluding carboxylic acids is 1. The van der Waals surface area contributed by atoms with Crippen LogP contribution in [0, 0.1) is 28.6 Å². The number of aliphatic hydroxyl groups excluding tert-OH is 1. The van der Waals surface area contributed by atoms with E-state index in [1.807, 2.05) is 0 Å². The van der Waals surface area contributed by atoms with E-state index in [0.29, 0.717) is 30.5 Å². The van der Waals surface area contributed by atoms with E-state index in [1.54, 1.807) is 0 Å². The minimum Gasteiger partial charge on any atom is -0.393 e. The van der Waals surface area contributed by atoms with E-state index in [1.165, 1.54) is 5.57 Å². The molecule has 4 aliphatic rings. The summed E-state index contributed by atoms with van der Waals surface area (Å²) in [4.78, 5) is 17.4. The first-order valence-corrected chi connectivity index (χ1v) is 9.13. The third kappa shape index (κ3) is 2.04. The van der Waals surface area contributed by atoms with Gasteiger partial charge < -0.3 is 5.11 Å². The van der Waals surface area contributed by atoms with Gasteiger partial charge in [-0.25, -0.2) is 4.89 Å². The molecule has 4 heteroatoms. The summed E-state index contributed by atoms with van der Waals surface area (Å²) in [5.41, 5.74) is 1.11. The lowest BCUT2D eigenvalue weighted by Crippen LogP contribution is -2.55. The normalized spacial score (nSPS) is 52.4. The molecule has 0 aromatic heterocycles. The lowest BCUT2D eigenvalue weighted by Gasteiger charge is -2.58. The molecule has 7 atom stereocenters. The van der Waals surface area contributed by atoms with Gasteiger partial charge in [-0.3, -0.25) is 10.1 Å². The Labute approximate surface area is 137 Å². The maximum absolute atomic E-state index is 12.5. The van der Waals surface area contributed by atoms with Crippen molar-refractivity contribution in [1.82, 2.24) is 0 Å². The van der Waals surface area contributed by atoms with Crippen LogP contribution in [-0.4, -0.2) is 28.4 Å². The van der Waals surface area contributed by atoms with Gasteiger partial charge in [0.15, 0.2) is 0 Å². The summed E-state index contributed by atoms with van der Waals surface area (Å²) in [6.45, 7) is 4.46. The van der Waals surface area contributed by atoms with Crippen LogP contribution >= 0.6 is 0 Å². The zero-order valence-electron chi connectivity index (χ0n) is 14.1. The van der Waals surface area contributed by atoms with E-state index in [0.717, 1.165) is 32.1 Å². The number of fused-ring (bicyclic) bond motifs is 5. The lowest BCUT2D eigenvalue weighted by atomic mass is 9.47. The molecule has 0 unspecified atom stereocenters. The summed E-state index contributed by atoms with van der Waals surface area (Å²) in [5, 5.41) is 19.6. The second-order valence-electron chi connectivity index (χ2n) is 8.78. The van der Waals surface area contributed by atoms with Gasteiger partial charge in [-0.2, -0.15) is 0 Å². The molecule has 2 N–H and O–H groups in total. The predicted octanol–water partition coefficient (Wildman–Crippen LogP) is 3.35. The molecular formula is C19H28O4. The van der Waals surface area contributed by atoms with Crippen molar-refractivity contribution in [3.05, 3.63) is 11.6 Å². The fraction of sp³-hybridized carbons (Fsp3) is 0.842. The monoisotopic (exact) mass is 320 g/mol. The third-order valence-electron chi connectivity index (χ3n) is 7.91. The van der Waals surface area contributed by atoms with Gasteiger partial charge in [0.25, 0.3) is 0 Å². The predicted molar refractivity (Wildman–Crippen MR) is 85.6 cm³/mol. The van der Waals surface area contributed by atoms with Crippen LogP contribution in [0.5, 0.6) is 0 Å². The highest BCUT2D eigenvalue weighted by atomic mass is 17.1. The Morgan fingerprint density at radius 1 is 1.13 bits per heavy atom. The molecule has 0 heterocycles. The topological polar surface area (TPSA) is 66.8 Å². The fourth-order valence-electron chi connectivity index (χ4n) is 6.48. The summed E-state index contributed by atoms with van der Waals surface area (Å²) >= 11 is 0. The number of hydrogen-bond acceptors (Lipinski definition) is 4. The van der Waals surface area contributed by atoms with E-state index in [4.69, 9.17) is 4.89 Å². The highest BCUT2D eigenvalue weighted by Crippen LogP contribution is 2.64. The van der Waals surface area contributed by atoms with Crippen LogP contribution in [0.3, 0.4) is 0 Å². The van der Waals surface area contributed by atoms with Gasteiger partial charge in [-0.15, -0.1) is 0 Å². The number of aliphatic hydroxyl groups is 1. The second-order valence-corrected chi connectivity index (χ2v) is 8.78. The molecule has 3 fully saturated rings. The van der Waals surface area contributed by atoms with Crippen LogP contribution in [0.1, 0.15) is 58.8 Å². The Kier molecular flexibility index (Phi) is 3.53. The second kappa shape index (κ2) is 5.14. The van der Waals surface area contributed by atoms with Crippen molar-refractivity contribution in [1.29, 1.82) is 0 Å². The van der Waals surface area contributed by atoms with E-state index in [-0.39, 0.29) is 29.0 Å². The Balaban J connectivity index is 1.76. The van der Waals surface area contributed by atoms with Crippen molar-refractivity contribution >= 4 is 5.78 Å². The number of carbonyl (C=O) groups is 1. The van der Waals surface area contributed by atoms with Crippen LogP contribution < -0.4 is 0 Å². The largest absolute Gasteiger partial charge is 0.393 e. The molecule has 3 saturated carbocycles. The maximum Gasteiger partial charge on any atom is 0.139 e. The van der Waals surface area contributed by atoms with Crippen molar-refractivity contribution < 1.29 is 20.0 Å². The summed E-state index contributed by atoms with van der Waals surface area (Å²) in [7, 11) is 0. The van der Waals surface area contributed by atoms with Gasteiger partial charge >= 0.3 is 0 Å². The third-order valence-corrected chi connectivity index (χ3v) is 7.91. The van der Waals surface area contributed by atoms with Crippen molar-refractivity contribution in [2.45, 2.75) is 71.0 Å². The Morgan fingerprint density at radius 2 is 1.83 bits per heavy atom. The minimum absolute atomic E-state index is 0.0892. The van der Waals surface area contributed by atoms with E-state index >= 15 is 0 Å². The first-order valence-electron chi connectivity index (χ1n) is 9.13. The van der Waals surface area contributed by atoms with Crippen LogP contribution in [-0.2, 0) is 9.68 Å². The van der Waals surface area contributed by atoms with Crippen molar-refractivity contribution in [3.8, 4) is 0 Å². The number of hydrogen-bond donors (Lipinski definition) is 2. The van der Waals surface area contributed by atoms with Gasteiger partial charge in [0, 0.05) is 11.8 Å². The molecule has 0 radical (unpaired) electrons. The first-order chi connectivity index (χ1) is 10.9. The maximum atomic E-state index is 12.5. The van der Waals surface area contributed by atoms with Crippen molar-refractivity contribution in [3.63, 3.8) is 0 Å². The van der Waals surface area contributed by atoms with Gasteiger partial charge in [-0.05, 0) is 61.7 Å². The molecule has 128 valence electrons. The number of ketones is 1. The standard InChI is InChI=1S/C19H28O4/c1-18-7-5-12(20)9-11(18)10-15(23-22)17-13-3-4-16(21)19(13,2)8-6-14(17)18/h10,12-15,17,20,22H,3-9H2,1-2H3/t12-,13-,14-,15+,17-,18-,19-/m0/s1. The van der Waals surface area contributed by atoms with Gasteiger partial charge in [-0.1, -0.05) is 25.5 Å². The molecule has 0 aromatic carbocycles. The van der Waals surface area contributed by atoms with E-state index in [2.05, 4.69) is 19.9 Å². The van der Waals surface area contributed by atoms with E-state index in [9.17, 15) is 15.2 Å². The number of rotatable bonds is 1. The Bertz CT molecular complexity index is 556. The molecule has 0 saturated heterocycles. The van der Waals surface area contributed by atoms with Crippen molar-refractivity contribution in [2.24, 2.45) is 28.6 Å². The summed E-state index contributed by atoms with van der Waals surface area (Å²) in [6.07, 6.45) is 7.59. The van der Waals surface area contributed by atoms with Gasteiger partial charge in [0.1, 0.15) is 11.9 Å². The smallest absolute Gasteiger partial charge is 0.139 e. The summed E-state index contributed by atoms with van der Waals surface area (Å²) in [6, 6.07) is 0. The lowest BCUT2D eigenvalue weighted by molar-refractivity contribution is -0.295. The highest BCUT2D eigenvalue weighted by molar-refractivity contribution is 5.87. The molecule has 0 spiro atoms. The Hall–Kier alpha value is -0.710. The molecule has 0 bridgehead atoms. The number of Topliss-reactive ketones (excluding diaryl/α,β-unsaturated/α-hetero) is 1. The average Bonchev–Trinajstić information content (AvgIpc) is 2.83. The van der Waals surface area contributed by atoms with Crippen LogP contribution in [0.2, 0.25) is 0 Å². The zero-order chi connectivity index (χ0) is 16.4. The van der Waals surface area contributed by atoms with Crippen molar-refractivity contribution in [2.75, 3.05) is 0 Å². The summed E-state index contributed by atoms with van der Waals surface area (Å²) in [5.74, 6) is 1.37. The Morgan fingerprint density at radius 3 is 2.57 bits per heavy atom. The van der Waals surface area contributed by atoms with E-state index < -0.39 is 0 Å². The molecular weight excluding hydrogens is 292 g/mol. The quantitative estimate of drug-likeness (QED) is 0.442. The van der Waals surface area contributed by atoms with Crippen LogP contribution in [0.25, 0.3) is 0 Å². The average molecular weight is 320 g/mol. The first kappa shape index (κ1) is 15.8. The summed E-state index contributed by atoms with van der Waals surface area (Å²) < 4.78 is 0. The molecule has 23 heavy (non-hydrogen) atoms. The van der Waals surface area contributed by atoms with Gasteiger partial charge in [0.05, 0.1) is 6.10 Å².